The van der Waals surface area contributed by atoms with Crippen LogP contribution in [0.25, 0.3) is 0 Å². The summed E-state index contributed by atoms with van der Waals surface area (Å²) in [6.07, 6.45) is 6.81. The highest BCUT2D eigenvalue weighted by Crippen LogP contribution is 2.38. The van der Waals surface area contributed by atoms with Crippen molar-refractivity contribution in [1.29, 1.82) is 0 Å². The fourth-order valence-corrected chi connectivity index (χ4v) is 3.80. The third kappa shape index (κ3) is 17.1. The highest BCUT2D eigenvalue weighted by molar-refractivity contribution is 7.80. The number of carbonyl (C=O) groups is 3. The van der Waals surface area contributed by atoms with Gasteiger partial charge in [0, 0.05) is 42.9 Å². The molecule has 2 amide bonds. The molecular weight excluding hydrogens is 736 g/mol. The topological polar surface area (TPSA) is 136 Å². The Morgan fingerprint density at radius 1 is 0.920 bits per heavy atom. The Bertz CT molecular complexity index is 1700. The van der Waals surface area contributed by atoms with E-state index < -0.39 is 28.8 Å². The predicted octanol–water partition coefficient (Wildman–Crippen LogP) is 8.64. The molecule has 3 aromatic heterocycles. The minimum atomic E-state index is -4.58. The zero-order valence-corrected chi connectivity index (χ0v) is 28.9. The summed E-state index contributed by atoms with van der Waals surface area (Å²) < 4.78 is 45.4. The van der Waals surface area contributed by atoms with E-state index in [1.165, 1.54) is 43.0 Å². The second-order valence-corrected chi connectivity index (χ2v) is 10.1. The SMILES string of the molecule is C.CCCCCOc1ccc(NC(=S)NC(=O)c2cccnc2)cc1C(F)(F)F.Cl.O=C(Cl)c1cccnc1.O=C(N=C=S)c1cccnc1. The molecule has 2 N–H and O–H groups in total. The number of benzene rings is 1. The van der Waals surface area contributed by atoms with E-state index >= 15 is 0 Å². The van der Waals surface area contributed by atoms with E-state index in [2.05, 4.69) is 42.8 Å². The summed E-state index contributed by atoms with van der Waals surface area (Å²) in [7, 11) is 0. The molecule has 4 aromatic rings. The number of nitrogens with zero attached hydrogens (tertiary/aromatic N) is 4. The number of unbranched alkanes of at least 4 members (excludes halogenated alkanes) is 2. The number of nitrogens with one attached hydrogen (secondary N) is 2. The number of alkyl halides is 3. The summed E-state index contributed by atoms with van der Waals surface area (Å²) in [6, 6.07) is 13.2. The first-order valence-corrected chi connectivity index (χ1v) is 15.1. The molecular formula is C33H33Cl2F3N6O4S2. The second-order valence-electron chi connectivity index (χ2n) is 9.18. The van der Waals surface area contributed by atoms with Gasteiger partial charge in [0.05, 0.1) is 34.0 Å². The second kappa shape index (κ2) is 24.5. The molecule has 3 heterocycles. The Hall–Kier alpha value is -4.66. The van der Waals surface area contributed by atoms with Crippen molar-refractivity contribution in [2.24, 2.45) is 4.99 Å². The van der Waals surface area contributed by atoms with E-state index in [4.69, 9.17) is 28.6 Å². The molecule has 10 nitrogen and oxygen atoms in total. The van der Waals surface area contributed by atoms with Gasteiger partial charge < -0.3 is 10.1 Å². The molecule has 0 radical (unpaired) electrons. The highest BCUT2D eigenvalue weighted by atomic mass is 35.5. The number of isothiocyanates is 1. The lowest BCUT2D eigenvalue weighted by atomic mass is 10.1. The Morgan fingerprint density at radius 3 is 1.94 bits per heavy atom. The van der Waals surface area contributed by atoms with Crippen LogP contribution in [0.3, 0.4) is 0 Å². The molecule has 0 aliphatic carbocycles. The number of rotatable bonds is 9. The van der Waals surface area contributed by atoms with Crippen LogP contribution in [-0.2, 0) is 6.18 Å². The number of amides is 2. The zero-order valence-electron chi connectivity index (χ0n) is 25.6. The maximum Gasteiger partial charge on any atom is 0.420 e. The molecule has 0 atom stereocenters. The molecule has 0 unspecified atom stereocenters. The molecule has 0 saturated carbocycles. The van der Waals surface area contributed by atoms with Crippen LogP contribution in [-0.4, -0.2) is 48.9 Å². The first kappa shape index (κ1) is 45.3. The number of carbonyl (C=O) groups excluding carboxylic acids is 3. The molecule has 50 heavy (non-hydrogen) atoms. The number of halogens is 5. The van der Waals surface area contributed by atoms with Crippen LogP contribution in [0.5, 0.6) is 5.75 Å². The van der Waals surface area contributed by atoms with Gasteiger partial charge in [-0.15, -0.1) is 12.4 Å². The third-order valence-electron chi connectivity index (χ3n) is 5.64. The minimum absolute atomic E-state index is 0. The molecule has 0 saturated heterocycles. The molecule has 266 valence electrons. The van der Waals surface area contributed by atoms with Gasteiger partial charge in [-0.3, -0.25) is 34.7 Å². The average molecular weight is 770 g/mol. The van der Waals surface area contributed by atoms with Crippen molar-refractivity contribution in [1.82, 2.24) is 20.3 Å². The number of pyridine rings is 3. The Morgan fingerprint density at radius 2 is 1.48 bits per heavy atom. The van der Waals surface area contributed by atoms with Crippen molar-refractivity contribution >= 4 is 81.5 Å². The number of aliphatic imine (C=N–C) groups is 1. The number of hydrogen-bond acceptors (Lipinski definition) is 9. The van der Waals surface area contributed by atoms with Gasteiger partial charge in [-0.2, -0.15) is 18.2 Å². The van der Waals surface area contributed by atoms with Crippen molar-refractivity contribution in [3.05, 3.63) is 114 Å². The van der Waals surface area contributed by atoms with Gasteiger partial charge in [0.1, 0.15) is 5.75 Å². The summed E-state index contributed by atoms with van der Waals surface area (Å²) >= 11 is 14.4. The van der Waals surface area contributed by atoms with Crippen molar-refractivity contribution < 1.29 is 32.3 Å². The molecule has 0 aliphatic rings. The number of hydrogen-bond donors (Lipinski definition) is 2. The lowest BCUT2D eigenvalue weighted by Crippen LogP contribution is -2.34. The summed E-state index contributed by atoms with van der Waals surface area (Å²) in [6.45, 7) is 2.21. The summed E-state index contributed by atoms with van der Waals surface area (Å²) in [4.78, 5) is 47.8. The van der Waals surface area contributed by atoms with Gasteiger partial charge in [-0.25, -0.2) is 0 Å². The van der Waals surface area contributed by atoms with Gasteiger partial charge in [0.25, 0.3) is 17.1 Å². The Kier molecular flexibility index (Phi) is 22.2. The minimum Gasteiger partial charge on any atom is -0.493 e. The van der Waals surface area contributed by atoms with Crippen molar-refractivity contribution in [3.63, 3.8) is 0 Å². The predicted molar refractivity (Wildman–Crippen MR) is 196 cm³/mol. The maximum absolute atomic E-state index is 13.4. The summed E-state index contributed by atoms with van der Waals surface area (Å²) in [5, 5.41) is 6.38. The molecule has 1 aromatic carbocycles. The van der Waals surface area contributed by atoms with Crippen LogP contribution in [0.15, 0.2) is 96.8 Å². The van der Waals surface area contributed by atoms with Gasteiger partial charge in [0.2, 0.25) is 0 Å². The fourth-order valence-electron chi connectivity index (χ4n) is 3.40. The Balaban J connectivity index is 0.000000892. The smallest absolute Gasteiger partial charge is 0.420 e. The van der Waals surface area contributed by atoms with Gasteiger partial charge in [-0.1, -0.05) is 27.2 Å². The number of aromatic nitrogens is 3. The van der Waals surface area contributed by atoms with Gasteiger partial charge in [-0.05, 0) is 97.1 Å². The van der Waals surface area contributed by atoms with E-state index in [-0.39, 0.29) is 48.6 Å². The summed E-state index contributed by atoms with van der Waals surface area (Å²) in [5.74, 6) is -1.16. The van der Waals surface area contributed by atoms with Gasteiger partial charge >= 0.3 is 6.18 Å². The fraction of sp³-hybridized carbons (Fsp3) is 0.212. The maximum atomic E-state index is 13.4. The molecule has 0 bridgehead atoms. The van der Waals surface area contributed by atoms with Crippen LogP contribution in [0, 0.1) is 0 Å². The monoisotopic (exact) mass is 768 g/mol. The number of thiocarbonyl (C=S) groups is 2. The third-order valence-corrected chi connectivity index (χ3v) is 6.16. The first-order valence-electron chi connectivity index (χ1n) is 13.9. The van der Waals surface area contributed by atoms with E-state index in [0.29, 0.717) is 17.5 Å². The first-order chi connectivity index (χ1) is 23.0. The average Bonchev–Trinajstić information content (AvgIpc) is 3.08. The van der Waals surface area contributed by atoms with Gasteiger partial charge in [0.15, 0.2) is 5.11 Å². The van der Waals surface area contributed by atoms with E-state index in [1.54, 1.807) is 42.7 Å². The van der Waals surface area contributed by atoms with E-state index in [9.17, 15) is 27.6 Å². The van der Waals surface area contributed by atoms with E-state index in [1.807, 2.05) is 12.1 Å². The van der Waals surface area contributed by atoms with Crippen LogP contribution in [0.1, 0.15) is 70.3 Å². The van der Waals surface area contributed by atoms with Crippen molar-refractivity contribution in [2.75, 3.05) is 11.9 Å². The lowest BCUT2D eigenvalue weighted by molar-refractivity contribution is -0.138. The van der Waals surface area contributed by atoms with Crippen LogP contribution >= 0.6 is 48.4 Å². The largest absolute Gasteiger partial charge is 0.493 e. The quantitative estimate of drug-likeness (QED) is 0.0737. The molecule has 4 rings (SSSR count). The van der Waals surface area contributed by atoms with Crippen molar-refractivity contribution in [3.8, 4) is 5.75 Å². The standard InChI is InChI=1S/C19H20F3N3O2S.C7H4N2OS.C6H4ClNO.CH4.ClH/c1-2-3-4-10-27-16-8-7-14(11-15(16)19(20,21)22)24-18(28)25-17(26)13-6-5-9-23-12-13;10-7(9-5-11)6-2-1-3-8-4-6;7-6(9)5-2-1-3-8-4-5;;/h5-9,11-12H,2-4,10H2,1H3,(H2,24,25,26,28);1-4H;1-4H;1H4;1H. The molecule has 17 heteroatoms. The number of anilines is 1. The van der Waals surface area contributed by atoms with Crippen LogP contribution in [0.4, 0.5) is 18.9 Å². The van der Waals surface area contributed by atoms with Crippen LogP contribution < -0.4 is 15.4 Å². The zero-order chi connectivity index (χ0) is 35.4. The molecule has 0 fully saturated rings. The Labute approximate surface area is 309 Å². The lowest BCUT2D eigenvalue weighted by Gasteiger charge is -2.16. The van der Waals surface area contributed by atoms with Crippen LogP contribution in [0.2, 0.25) is 0 Å². The molecule has 0 aliphatic heterocycles. The van der Waals surface area contributed by atoms with E-state index in [0.717, 1.165) is 18.9 Å². The normalized spacial score (nSPS) is 9.62. The highest BCUT2D eigenvalue weighted by Gasteiger charge is 2.34. The summed E-state index contributed by atoms with van der Waals surface area (Å²) in [5.41, 5.74) is 0.308. The molecule has 0 spiro atoms. The number of ether oxygens (including phenoxy) is 1. The van der Waals surface area contributed by atoms with Crippen molar-refractivity contribution in [2.45, 2.75) is 39.8 Å².